The van der Waals surface area contributed by atoms with Gasteiger partial charge in [-0.15, -0.1) is 0 Å². The summed E-state index contributed by atoms with van der Waals surface area (Å²) in [4.78, 5) is 16.5. The first-order valence-electron chi connectivity index (χ1n) is 9.47. The SMILES string of the molecule is C.O=C(Cc1ccc(Oc2ccc(Cn3ccnc3)cc2)c(F)c1)c1ccc(Cl)c(Cl)c1. The van der Waals surface area contributed by atoms with E-state index in [-0.39, 0.29) is 25.4 Å². The zero-order chi connectivity index (χ0) is 21.8. The summed E-state index contributed by atoms with van der Waals surface area (Å²) in [6.45, 7) is 0.691. The second-order valence-electron chi connectivity index (χ2n) is 6.97. The highest BCUT2D eigenvalue weighted by Gasteiger charge is 2.12. The second-order valence-corrected chi connectivity index (χ2v) is 7.79. The standard InChI is InChI=1S/C24H17Cl2FN2O2.CH4/c25-20-7-4-18(13-21(20)26)23(30)12-17-3-8-24(22(27)11-17)31-19-5-1-16(2-6-19)14-29-10-9-28-15-29;/h1-11,13,15H,12,14H2;1H4. The Morgan fingerprint density at radius 1 is 0.969 bits per heavy atom. The number of benzene rings is 3. The van der Waals surface area contributed by atoms with E-state index < -0.39 is 5.82 Å². The molecule has 4 rings (SSSR count). The smallest absolute Gasteiger partial charge is 0.167 e. The zero-order valence-electron chi connectivity index (χ0n) is 16.3. The molecule has 0 bridgehead atoms. The van der Waals surface area contributed by atoms with E-state index in [1.807, 2.05) is 22.9 Å². The van der Waals surface area contributed by atoms with Crippen LogP contribution >= 0.6 is 23.2 Å². The maximum atomic E-state index is 14.6. The second kappa shape index (κ2) is 10.4. The first-order chi connectivity index (χ1) is 15.0. The van der Waals surface area contributed by atoms with Crippen LogP contribution in [0.2, 0.25) is 10.0 Å². The highest BCUT2D eigenvalue weighted by Crippen LogP contribution is 2.27. The molecule has 4 nitrogen and oxygen atoms in total. The Labute approximate surface area is 196 Å². The lowest BCUT2D eigenvalue weighted by atomic mass is 10.0. The van der Waals surface area contributed by atoms with E-state index in [0.717, 1.165) is 5.56 Å². The van der Waals surface area contributed by atoms with Crippen molar-refractivity contribution in [3.8, 4) is 11.5 Å². The predicted octanol–water partition coefficient (Wildman–Crippen LogP) is 7.23. The minimum atomic E-state index is -0.540. The van der Waals surface area contributed by atoms with Gasteiger partial charge in [-0.25, -0.2) is 9.37 Å². The summed E-state index contributed by atoms with van der Waals surface area (Å²) in [6.07, 6.45) is 5.39. The molecule has 1 heterocycles. The molecule has 0 spiro atoms. The van der Waals surface area contributed by atoms with Gasteiger partial charge in [-0.1, -0.05) is 48.8 Å². The largest absolute Gasteiger partial charge is 0.454 e. The molecule has 0 N–H and O–H groups in total. The van der Waals surface area contributed by atoms with Crippen LogP contribution in [0.4, 0.5) is 4.39 Å². The van der Waals surface area contributed by atoms with Crippen molar-refractivity contribution in [2.75, 3.05) is 0 Å². The fourth-order valence-corrected chi connectivity index (χ4v) is 3.37. The van der Waals surface area contributed by atoms with Gasteiger partial charge in [0.25, 0.3) is 0 Å². The van der Waals surface area contributed by atoms with Crippen LogP contribution in [0.3, 0.4) is 0 Å². The molecule has 4 aromatic rings. The minimum absolute atomic E-state index is 0. The summed E-state index contributed by atoms with van der Waals surface area (Å²) in [5.41, 5.74) is 2.03. The van der Waals surface area contributed by atoms with Crippen LogP contribution in [0.5, 0.6) is 11.5 Å². The average molecular weight is 471 g/mol. The number of carbonyl (C=O) groups is 1. The predicted molar refractivity (Wildman–Crippen MR) is 125 cm³/mol. The minimum Gasteiger partial charge on any atom is -0.454 e. The van der Waals surface area contributed by atoms with Gasteiger partial charge in [-0.3, -0.25) is 4.79 Å². The van der Waals surface area contributed by atoms with Gasteiger partial charge in [-0.05, 0) is 53.6 Å². The van der Waals surface area contributed by atoms with Gasteiger partial charge in [0.15, 0.2) is 17.3 Å². The number of aromatic nitrogens is 2. The summed E-state index contributed by atoms with van der Waals surface area (Å²) < 4.78 is 22.2. The van der Waals surface area contributed by atoms with Crippen LogP contribution in [0.25, 0.3) is 0 Å². The summed E-state index contributed by atoms with van der Waals surface area (Å²) in [5.74, 6) is -0.108. The monoisotopic (exact) mass is 470 g/mol. The van der Waals surface area contributed by atoms with Crippen molar-refractivity contribution >= 4 is 29.0 Å². The number of hydrogen-bond donors (Lipinski definition) is 0. The number of nitrogens with zero attached hydrogens (tertiary/aromatic N) is 2. The topological polar surface area (TPSA) is 44.1 Å². The van der Waals surface area contributed by atoms with Crippen molar-refractivity contribution in [2.45, 2.75) is 20.4 Å². The Bertz CT molecular complexity index is 1210. The van der Waals surface area contributed by atoms with Crippen LogP contribution in [0, 0.1) is 5.82 Å². The maximum Gasteiger partial charge on any atom is 0.167 e. The van der Waals surface area contributed by atoms with E-state index in [9.17, 15) is 9.18 Å². The quantitative estimate of drug-likeness (QED) is 0.267. The number of hydrogen-bond acceptors (Lipinski definition) is 3. The Hall–Kier alpha value is -3.15. The molecule has 0 aliphatic carbocycles. The average Bonchev–Trinajstić information content (AvgIpc) is 3.26. The molecule has 0 aliphatic heterocycles. The molecule has 7 heteroatoms. The number of carbonyl (C=O) groups excluding carboxylic acids is 1. The highest BCUT2D eigenvalue weighted by molar-refractivity contribution is 6.42. The van der Waals surface area contributed by atoms with Crippen molar-refractivity contribution in [2.24, 2.45) is 0 Å². The van der Waals surface area contributed by atoms with Gasteiger partial charge in [0.05, 0.1) is 16.4 Å². The number of ether oxygens (including phenoxy) is 1. The molecular weight excluding hydrogens is 450 g/mol. The Balaban J connectivity index is 0.00000289. The molecule has 0 amide bonds. The number of Topliss-reactive ketones (excluding diaryl/α,β-unsaturated/α-hetero) is 1. The van der Waals surface area contributed by atoms with Crippen molar-refractivity contribution in [3.63, 3.8) is 0 Å². The van der Waals surface area contributed by atoms with Crippen molar-refractivity contribution in [1.82, 2.24) is 9.55 Å². The van der Waals surface area contributed by atoms with Crippen molar-refractivity contribution in [3.05, 3.63) is 112 Å². The molecule has 0 fully saturated rings. The van der Waals surface area contributed by atoms with E-state index in [0.29, 0.717) is 33.5 Å². The maximum absolute atomic E-state index is 14.6. The third-order valence-electron chi connectivity index (χ3n) is 4.68. The van der Waals surface area contributed by atoms with Crippen LogP contribution in [-0.4, -0.2) is 15.3 Å². The first-order valence-corrected chi connectivity index (χ1v) is 10.2. The van der Waals surface area contributed by atoms with Gasteiger partial charge in [0.1, 0.15) is 5.75 Å². The molecule has 0 atom stereocenters. The lowest BCUT2D eigenvalue weighted by molar-refractivity contribution is 0.0993. The van der Waals surface area contributed by atoms with E-state index in [4.69, 9.17) is 27.9 Å². The lowest BCUT2D eigenvalue weighted by Crippen LogP contribution is -2.04. The first kappa shape index (κ1) is 23.5. The normalized spacial score (nSPS) is 10.5. The number of imidazole rings is 1. The summed E-state index contributed by atoms with van der Waals surface area (Å²) in [5, 5.41) is 0.680. The third-order valence-corrected chi connectivity index (χ3v) is 5.42. The Morgan fingerprint density at radius 3 is 2.38 bits per heavy atom. The van der Waals surface area contributed by atoms with Crippen LogP contribution < -0.4 is 4.74 Å². The Kier molecular flexibility index (Phi) is 7.67. The third kappa shape index (κ3) is 5.75. The lowest BCUT2D eigenvalue weighted by Gasteiger charge is -2.10. The van der Waals surface area contributed by atoms with E-state index in [1.54, 1.807) is 42.9 Å². The fraction of sp³-hybridized carbons (Fsp3) is 0.120. The van der Waals surface area contributed by atoms with Crippen molar-refractivity contribution < 1.29 is 13.9 Å². The molecular formula is C25H21Cl2FN2O2. The van der Waals surface area contributed by atoms with Crippen LogP contribution in [0.15, 0.2) is 79.4 Å². The fourth-order valence-electron chi connectivity index (χ4n) is 3.08. The Morgan fingerprint density at radius 2 is 1.72 bits per heavy atom. The van der Waals surface area contributed by atoms with Crippen molar-refractivity contribution in [1.29, 1.82) is 0 Å². The van der Waals surface area contributed by atoms with Crippen LogP contribution in [0.1, 0.15) is 28.9 Å². The molecule has 0 saturated heterocycles. The number of halogens is 3. The van der Waals surface area contributed by atoms with Gasteiger partial charge < -0.3 is 9.30 Å². The molecule has 164 valence electrons. The van der Waals surface area contributed by atoms with E-state index in [1.165, 1.54) is 18.2 Å². The van der Waals surface area contributed by atoms with Gasteiger partial charge in [0.2, 0.25) is 0 Å². The molecule has 0 unspecified atom stereocenters. The van der Waals surface area contributed by atoms with Gasteiger partial charge >= 0.3 is 0 Å². The summed E-state index contributed by atoms with van der Waals surface area (Å²) in [7, 11) is 0. The number of rotatable bonds is 7. The molecule has 1 aromatic heterocycles. The highest BCUT2D eigenvalue weighted by atomic mass is 35.5. The van der Waals surface area contributed by atoms with E-state index in [2.05, 4.69) is 4.98 Å². The molecule has 32 heavy (non-hydrogen) atoms. The van der Waals surface area contributed by atoms with Gasteiger partial charge in [-0.2, -0.15) is 0 Å². The molecule has 3 aromatic carbocycles. The van der Waals surface area contributed by atoms with Gasteiger partial charge in [0, 0.05) is 30.9 Å². The molecule has 0 saturated carbocycles. The van der Waals surface area contributed by atoms with Crippen LogP contribution in [-0.2, 0) is 13.0 Å². The number of ketones is 1. The molecule has 0 radical (unpaired) electrons. The summed E-state index contributed by atoms with van der Waals surface area (Å²) in [6, 6.07) is 16.6. The summed E-state index contributed by atoms with van der Waals surface area (Å²) >= 11 is 11.8. The van der Waals surface area contributed by atoms with E-state index >= 15 is 0 Å². The zero-order valence-corrected chi connectivity index (χ0v) is 17.8. The molecule has 0 aliphatic rings.